The van der Waals surface area contributed by atoms with Gasteiger partial charge in [0.2, 0.25) is 0 Å². The molecule has 3 aromatic carbocycles. The van der Waals surface area contributed by atoms with Crippen molar-refractivity contribution in [1.29, 1.82) is 0 Å². The van der Waals surface area contributed by atoms with Gasteiger partial charge in [0.15, 0.2) is 0 Å². The van der Waals surface area contributed by atoms with Crippen molar-refractivity contribution in [2.45, 2.75) is 11.8 Å². The van der Waals surface area contributed by atoms with Gasteiger partial charge < -0.3 is 19.5 Å². The number of carbonyl (C=O) groups is 1. The van der Waals surface area contributed by atoms with Crippen molar-refractivity contribution in [3.8, 4) is 17.2 Å². The highest BCUT2D eigenvalue weighted by atomic mass is 32.2. The van der Waals surface area contributed by atoms with Crippen molar-refractivity contribution >= 4 is 48.7 Å². The van der Waals surface area contributed by atoms with Gasteiger partial charge in [0.1, 0.15) is 17.2 Å². The average molecular weight is 527 g/mol. The fraction of sp³-hybridized carbons (Fsp3) is 0.192. The highest BCUT2D eigenvalue weighted by Crippen LogP contribution is 2.34. The fourth-order valence-electron chi connectivity index (χ4n) is 3.76. The maximum absolute atomic E-state index is 13.3. The van der Waals surface area contributed by atoms with Crippen LogP contribution in [-0.2, 0) is 10.0 Å². The molecule has 188 valence electrons. The number of thiophene rings is 1. The molecule has 0 saturated heterocycles. The maximum Gasteiger partial charge on any atom is 0.265 e. The van der Waals surface area contributed by atoms with E-state index in [1.165, 1.54) is 42.0 Å². The molecule has 0 atom stereocenters. The Morgan fingerprint density at radius 1 is 0.889 bits per heavy atom. The number of hydrogen-bond acceptors (Lipinski definition) is 7. The number of methoxy groups -OCH3 is 3. The van der Waals surface area contributed by atoms with Gasteiger partial charge in [0.05, 0.1) is 42.5 Å². The molecule has 36 heavy (non-hydrogen) atoms. The lowest BCUT2D eigenvalue weighted by atomic mass is 10.2. The first-order chi connectivity index (χ1) is 17.3. The molecule has 0 aliphatic carbocycles. The van der Waals surface area contributed by atoms with Gasteiger partial charge in [0, 0.05) is 17.3 Å². The number of amides is 1. The second-order valence-corrected chi connectivity index (χ2v) is 10.6. The minimum Gasteiger partial charge on any atom is -0.497 e. The van der Waals surface area contributed by atoms with E-state index in [1.807, 2.05) is 6.07 Å². The number of sulfonamides is 1. The summed E-state index contributed by atoms with van der Waals surface area (Å²) in [5.41, 5.74) is 1.00. The molecule has 0 fully saturated rings. The third-order valence-corrected chi connectivity index (χ3v) is 8.63. The Morgan fingerprint density at radius 3 is 2.22 bits per heavy atom. The molecule has 0 unspecified atom stereocenters. The Morgan fingerprint density at radius 2 is 1.58 bits per heavy atom. The first-order valence-electron chi connectivity index (χ1n) is 11.0. The molecule has 0 aliphatic heterocycles. The van der Waals surface area contributed by atoms with Crippen LogP contribution in [0.25, 0.3) is 10.1 Å². The molecule has 1 N–H and O–H groups in total. The number of ether oxygens (including phenoxy) is 3. The third kappa shape index (κ3) is 4.95. The number of hydrogen-bond donors (Lipinski definition) is 1. The van der Waals surface area contributed by atoms with E-state index in [-0.39, 0.29) is 17.3 Å². The van der Waals surface area contributed by atoms with Gasteiger partial charge in [-0.3, -0.25) is 9.10 Å². The molecule has 0 radical (unpaired) electrons. The first-order valence-corrected chi connectivity index (χ1v) is 13.3. The number of nitrogens with one attached hydrogen (secondary N) is 1. The van der Waals surface area contributed by atoms with Crippen LogP contribution in [0.3, 0.4) is 0 Å². The van der Waals surface area contributed by atoms with Crippen LogP contribution < -0.4 is 23.8 Å². The van der Waals surface area contributed by atoms with Crippen molar-refractivity contribution in [2.75, 3.05) is 37.5 Å². The van der Waals surface area contributed by atoms with Crippen molar-refractivity contribution in [3.63, 3.8) is 0 Å². The number of benzene rings is 3. The molecule has 1 aromatic heterocycles. The molecule has 4 rings (SSSR count). The monoisotopic (exact) mass is 526 g/mol. The molecule has 0 spiro atoms. The summed E-state index contributed by atoms with van der Waals surface area (Å²) in [6.45, 7) is 2.02. The Balaban J connectivity index is 1.63. The number of anilines is 2. The van der Waals surface area contributed by atoms with Crippen molar-refractivity contribution in [3.05, 3.63) is 71.6 Å². The van der Waals surface area contributed by atoms with Gasteiger partial charge in [-0.2, -0.15) is 0 Å². The second kappa shape index (κ2) is 10.5. The van der Waals surface area contributed by atoms with Gasteiger partial charge >= 0.3 is 0 Å². The third-order valence-electron chi connectivity index (χ3n) is 5.60. The average Bonchev–Trinajstić information content (AvgIpc) is 3.33. The smallest absolute Gasteiger partial charge is 0.265 e. The summed E-state index contributed by atoms with van der Waals surface area (Å²) in [6, 6.07) is 18.5. The molecular weight excluding hydrogens is 500 g/mol. The minimum absolute atomic E-state index is 0.169. The van der Waals surface area contributed by atoms with E-state index in [1.54, 1.807) is 62.6 Å². The Labute approximate surface area is 214 Å². The Bertz CT molecular complexity index is 1500. The van der Waals surface area contributed by atoms with Crippen LogP contribution in [0.1, 0.15) is 16.6 Å². The van der Waals surface area contributed by atoms with Crippen LogP contribution in [0, 0.1) is 0 Å². The lowest BCUT2D eigenvalue weighted by molar-refractivity contribution is 0.103. The fourth-order valence-corrected chi connectivity index (χ4v) is 6.16. The Hall–Kier alpha value is -3.76. The van der Waals surface area contributed by atoms with Gasteiger partial charge in [-0.15, -0.1) is 11.3 Å². The van der Waals surface area contributed by atoms with Crippen LogP contribution in [0.2, 0.25) is 0 Å². The Kier molecular flexibility index (Phi) is 7.37. The van der Waals surface area contributed by atoms with Gasteiger partial charge in [0.25, 0.3) is 15.9 Å². The van der Waals surface area contributed by atoms with Gasteiger partial charge in [-0.25, -0.2) is 8.42 Å². The van der Waals surface area contributed by atoms with E-state index < -0.39 is 10.0 Å². The predicted octanol–water partition coefficient (Wildman–Crippen LogP) is 5.39. The van der Waals surface area contributed by atoms with E-state index in [9.17, 15) is 13.2 Å². The zero-order valence-corrected chi connectivity index (χ0v) is 21.9. The van der Waals surface area contributed by atoms with Gasteiger partial charge in [-0.1, -0.05) is 0 Å². The molecule has 0 bridgehead atoms. The first kappa shape index (κ1) is 25.3. The highest BCUT2D eigenvalue weighted by molar-refractivity contribution is 7.92. The normalized spacial score (nSPS) is 11.2. The second-order valence-electron chi connectivity index (χ2n) is 7.70. The van der Waals surface area contributed by atoms with E-state index in [0.29, 0.717) is 33.5 Å². The quantitative estimate of drug-likeness (QED) is 0.314. The number of rotatable bonds is 9. The lowest BCUT2D eigenvalue weighted by Crippen LogP contribution is -2.30. The molecule has 1 amide bonds. The summed E-state index contributed by atoms with van der Waals surface area (Å²) in [7, 11) is 0.814. The van der Waals surface area contributed by atoms with Crippen LogP contribution in [0.5, 0.6) is 17.2 Å². The molecule has 4 aromatic rings. The van der Waals surface area contributed by atoms with Crippen molar-refractivity contribution < 1.29 is 27.4 Å². The molecule has 0 aliphatic rings. The lowest BCUT2D eigenvalue weighted by Gasteiger charge is -2.23. The number of carbonyl (C=O) groups excluding carboxylic acids is 1. The number of fused-ring (bicyclic) bond motifs is 1. The molecule has 8 nitrogen and oxygen atoms in total. The zero-order chi connectivity index (χ0) is 25.9. The molecule has 1 heterocycles. The van der Waals surface area contributed by atoms with Crippen LogP contribution in [0.4, 0.5) is 11.4 Å². The summed E-state index contributed by atoms with van der Waals surface area (Å²) >= 11 is 1.32. The van der Waals surface area contributed by atoms with Gasteiger partial charge in [-0.05, 0) is 73.0 Å². The van der Waals surface area contributed by atoms with E-state index in [4.69, 9.17) is 14.2 Å². The van der Waals surface area contributed by atoms with E-state index in [0.717, 1.165) is 10.1 Å². The van der Waals surface area contributed by atoms with Crippen LogP contribution in [-0.4, -0.2) is 42.2 Å². The zero-order valence-electron chi connectivity index (χ0n) is 20.3. The molecular formula is C26H26N2O6S2. The largest absolute Gasteiger partial charge is 0.497 e. The summed E-state index contributed by atoms with van der Waals surface area (Å²) in [5.74, 6) is 1.37. The van der Waals surface area contributed by atoms with Crippen LogP contribution in [0.15, 0.2) is 71.6 Å². The minimum atomic E-state index is -3.79. The summed E-state index contributed by atoms with van der Waals surface area (Å²) in [4.78, 5) is 13.7. The summed E-state index contributed by atoms with van der Waals surface area (Å²) < 4.78 is 44.6. The molecule has 10 heteroatoms. The molecule has 0 saturated carbocycles. The summed E-state index contributed by atoms with van der Waals surface area (Å²) in [6.07, 6.45) is 0. The highest BCUT2D eigenvalue weighted by Gasteiger charge is 2.24. The standard InChI is InChI=1S/C26H26N2O6S2/c1-5-28(36(30,31)21-10-7-19(32-2)8-11-21)18-6-13-24-17(14-18)15-25(35-24)26(29)27-22-16-20(33-3)9-12-23(22)34-4/h6-16H,5H2,1-4H3,(H,27,29). The summed E-state index contributed by atoms with van der Waals surface area (Å²) in [5, 5.41) is 3.63. The predicted molar refractivity (Wildman–Crippen MR) is 143 cm³/mol. The van der Waals surface area contributed by atoms with Crippen LogP contribution >= 0.6 is 11.3 Å². The number of nitrogens with zero attached hydrogens (tertiary/aromatic N) is 1. The SMILES string of the molecule is CCN(c1ccc2sc(C(=O)Nc3cc(OC)ccc3OC)cc2c1)S(=O)(=O)c1ccc(OC)cc1. The van der Waals surface area contributed by atoms with E-state index >= 15 is 0 Å². The topological polar surface area (TPSA) is 94.2 Å². The van der Waals surface area contributed by atoms with Crippen molar-refractivity contribution in [1.82, 2.24) is 0 Å². The maximum atomic E-state index is 13.3. The van der Waals surface area contributed by atoms with E-state index in [2.05, 4.69) is 5.32 Å². The van der Waals surface area contributed by atoms with Crippen molar-refractivity contribution in [2.24, 2.45) is 0 Å².